The van der Waals surface area contributed by atoms with Crippen LogP contribution in [0.1, 0.15) is 11.1 Å². The molecular formula is C20H23N3O4S2. The number of carbonyl (C=O) groups excluding carboxylic acids is 1. The first kappa shape index (κ1) is 21.2. The van der Waals surface area contributed by atoms with Crippen molar-refractivity contribution in [3.63, 3.8) is 0 Å². The molecule has 1 N–H and O–H groups in total. The Kier molecular flexibility index (Phi) is 6.81. The van der Waals surface area contributed by atoms with Crippen LogP contribution in [0.5, 0.6) is 5.75 Å². The number of anilines is 1. The molecule has 1 fully saturated rings. The van der Waals surface area contributed by atoms with Crippen molar-refractivity contribution in [1.82, 2.24) is 5.43 Å². The number of amides is 1. The molecule has 3 rings (SSSR count). The van der Waals surface area contributed by atoms with Crippen molar-refractivity contribution < 1.29 is 17.9 Å². The summed E-state index contributed by atoms with van der Waals surface area (Å²) in [6, 6.07) is 14.4. The Morgan fingerprint density at radius 2 is 2.03 bits per heavy atom. The number of ether oxygens (including phenoxy) is 1. The van der Waals surface area contributed by atoms with Crippen LogP contribution in [0.25, 0.3) is 0 Å². The van der Waals surface area contributed by atoms with Crippen molar-refractivity contribution in [2.45, 2.75) is 13.0 Å². The Morgan fingerprint density at radius 1 is 1.28 bits per heavy atom. The molecule has 0 aromatic heterocycles. The highest BCUT2D eigenvalue weighted by molar-refractivity contribution is 8.00. The van der Waals surface area contributed by atoms with E-state index in [4.69, 9.17) is 4.74 Å². The molecule has 2 aromatic rings. The van der Waals surface area contributed by atoms with Crippen LogP contribution in [0.15, 0.2) is 53.6 Å². The predicted octanol–water partition coefficient (Wildman–Crippen LogP) is 2.41. The minimum atomic E-state index is -3.62. The number of hydrazone groups is 1. The summed E-state index contributed by atoms with van der Waals surface area (Å²) in [7, 11) is -3.62. The third-order valence-corrected chi connectivity index (χ3v) is 6.58. The number of benzene rings is 2. The van der Waals surface area contributed by atoms with Crippen LogP contribution in [0, 0.1) is 6.92 Å². The van der Waals surface area contributed by atoms with Gasteiger partial charge in [-0.2, -0.15) is 16.9 Å². The number of rotatable bonds is 8. The number of hydrogen-bond donors (Lipinski definition) is 1. The molecule has 1 aliphatic heterocycles. The van der Waals surface area contributed by atoms with E-state index in [0.717, 1.165) is 38.9 Å². The van der Waals surface area contributed by atoms with Crippen molar-refractivity contribution in [3.05, 3.63) is 59.7 Å². The molecule has 0 saturated carbocycles. The Morgan fingerprint density at radius 3 is 2.69 bits per heavy atom. The second-order valence-electron chi connectivity index (χ2n) is 6.70. The topological polar surface area (TPSA) is 88.1 Å². The maximum absolute atomic E-state index is 12.3. The Bertz CT molecular complexity index is 1000. The molecule has 0 spiro atoms. The Hall–Kier alpha value is -2.52. The van der Waals surface area contributed by atoms with E-state index in [2.05, 4.69) is 10.5 Å². The highest BCUT2D eigenvalue weighted by Crippen LogP contribution is 2.24. The van der Waals surface area contributed by atoms with Gasteiger partial charge in [-0.3, -0.25) is 9.10 Å². The summed E-state index contributed by atoms with van der Waals surface area (Å²) in [5, 5.41) is 3.94. The minimum Gasteiger partial charge on any atom is -0.489 e. The SMILES string of the molecule is Cc1ccccc1N(CC(=O)N/N=C\c1cccc(OC2CSC2)c1)S(C)(=O)=O. The first-order valence-corrected chi connectivity index (χ1v) is 12.0. The lowest BCUT2D eigenvalue weighted by Gasteiger charge is -2.25. The maximum Gasteiger partial charge on any atom is 0.260 e. The smallest absolute Gasteiger partial charge is 0.260 e. The van der Waals surface area contributed by atoms with Crippen LogP contribution >= 0.6 is 11.8 Å². The monoisotopic (exact) mass is 433 g/mol. The van der Waals surface area contributed by atoms with Gasteiger partial charge in [0.1, 0.15) is 18.4 Å². The molecule has 2 aromatic carbocycles. The summed E-state index contributed by atoms with van der Waals surface area (Å²) in [5.74, 6) is 2.21. The number of para-hydroxylation sites is 1. The van der Waals surface area contributed by atoms with Gasteiger partial charge in [0.25, 0.3) is 5.91 Å². The molecule has 7 nitrogen and oxygen atoms in total. The normalized spacial score (nSPS) is 14.4. The average molecular weight is 434 g/mol. The summed E-state index contributed by atoms with van der Waals surface area (Å²) >= 11 is 1.85. The number of thioether (sulfide) groups is 1. The van der Waals surface area contributed by atoms with Crippen LogP contribution in [0.2, 0.25) is 0 Å². The molecule has 0 radical (unpaired) electrons. The van der Waals surface area contributed by atoms with Crippen LogP contribution in [0.4, 0.5) is 5.69 Å². The zero-order chi connectivity index (χ0) is 20.9. The molecule has 1 heterocycles. The number of nitrogens with zero attached hydrogens (tertiary/aromatic N) is 2. The van der Waals surface area contributed by atoms with Crippen LogP contribution in [-0.2, 0) is 14.8 Å². The van der Waals surface area contributed by atoms with Crippen molar-refractivity contribution in [3.8, 4) is 5.75 Å². The fourth-order valence-electron chi connectivity index (χ4n) is 2.71. The van der Waals surface area contributed by atoms with Gasteiger partial charge in [0.05, 0.1) is 18.2 Å². The van der Waals surface area contributed by atoms with Gasteiger partial charge in [-0.1, -0.05) is 30.3 Å². The molecule has 9 heteroatoms. The summed E-state index contributed by atoms with van der Waals surface area (Å²) in [6.45, 7) is 1.43. The van der Waals surface area contributed by atoms with Gasteiger partial charge in [-0.05, 0) is 36.2 Å². The van der Waals surface area contributed by atoms with E-state index in [-0.39, 0.29) is 12.6 Å². The summed E-state index contributed by atoms with van der Waals surface area (Å²) in [5.41, 5.74) is 4.38. The van der Waals surface area contributed by atoms with Crippen molar-refractivity contribution in [2.24, 2.45) is 5.10 Å². The summed E-state index contributed by atoms with van der Waals surface area (Å²) in [4.78, 5) is 12.3. The summed E-state index contributed by atoms with van der Waals surface area (Å²) in [6.07, 6.45) is 2.82. The molecular weight excluding hydrogens is 410 g/mol. The van der Waals surface area contributed by atoms with Crippen LogP contribution in [-0.4, -0.2) is 50.9 Å². The van der Waals surface area contributed by atoms with Crippen molar-refractivity contribution >= 4 is 39.6 Å². The fourth-order valence-corrected chi connectivity index (χ4v) is 4.19. The lowest BCUT2D eigenvalue weighted by molar-refractivity contribution is -0.119. The van der Waals surface area contributed by atoms with E-state index >= 15 is 0 Å². The van der Waals surface area contributed by atoms with E-state index in [1.807, 2.05) is 42.1 Å². The molecule has 0 unspecified atom stereocenters. The number of aryl methyl sites for hydroxylation is 1. The first-order valence-electron chi connectivity index (χ1n) is 9.02. The molecule has 0 bridgehead atoms. The van der Waals surface area contributed by atoms with E-state index in [1.165, 1.54) is 6.21 Å². The van der Waals surface area contributed by atoms with Gasteiger partial charge in [-0.15, -0.1) is 0 Å². The Balaban J connectivity index is 1.62. The zero-order valence-corrected chi connectivity index (χ0v) is 17.9. The van der Waals surface area contributed by atoms with Crippen molar-refractivity contribution in [1.29, 1.82) is 0 Å². The predicted molar refractivity (Wildman–Crippen MR) is 117 cm³/mol. The van der Waals surface area contributed by atoms with E-state index in [0.29, 0.717) is 5.69 Å². The maximum atomic E-state index is 12.3. The van der Waals surface area contributed by atoms with E-state index < -0.39 is 15.9 Å². The Labute approximate surface area is 175 Å². The second-order valence-corrected chi connectivity index (χ2v) is 9.68. The van der Waals surface area contributed by atoms with Crippen LogP contribution < -0.4 is 14.5 Å². The number of nitrogens with one attached hydrogen (secondary N) is 1. The van der Waals surface area contributed by atoms with E-state index in [9.17, 15) is 13.2 Å². The van der Waals surface area contributed by atoms with Crippen LogP contribution in [0.3, 0.4) is 0 Å². The van der Waals surface area contributed by atoms with E-state index in [1.54, 1.807) is 25.1 Å². The van der Waals surface area contributed by atoms with Gasteiger partial charge in [0, 0.05) is 11.5 Å². The molecule has 1 saturated heterocycles. The minimum absolute atomic E-state index is 0.246. The highest BCUT2D eigenvalue weighted by Gasteiger charge is 2.22. The van der Waals surface area contributed by atoms with Gasteiger partial charge >= 0.3 is 0 Å². The molecule has 0 atom stereocenters. The number of hydrogen-bond acceptors (Lipinski definition) is 6. The molecule has 29 heavy (non-hydrogen) atoms. The lowest BCUT2D eigenvalue weighted by atomic mass is 10.2. The quantitative estimate of drug-likeness (QED) is 0.510. The fraction of sp³-hybridized carbons (Fsp3) is 0.300. The largest absolute Gasteiger partial charge is 0.489 e. The molecule has 154 valence electrons. The molecule has 0 aliphatic carbocycles. The van der Waals surface area contributed by atoms with Gasteiger partial charge in [-0.25, -0.2) is 13.8 Å². The second kappa shape index (κ2) is 9.32. The van der Waals surface area contributed by atoms with Crippen molar-refractivity contribution in [2.75, 3.05) is 28.6 Å². The third-order valence-electron chi connectivity index (χ3n) is 4.24. The van der Waals surface area contributed by atoms with Gasteiger partial charge in [0.2, 0.25) is 10.0 Å². The summed E-state index contributed by atoms with van der Waals surface area (Å²) < 4.78 is 31.2. The molecule has 1 amide bonds. The molecule has 1 aliphatic rings. The highest BCUT2D eigenvalue weighted by atomic mass is 32.2. The lowest BCUT2D eigenvalue weighted by Crippen LogP contribution is -2.39. The first-order chi connectivity index (χ1) is 13.8. The zero-order valence-electron chi connectivity index (χ0n) is 16.2. The number of carbonyl (C=O) groups is 1. The van der Waals surface area contributed by atoms with Gasteiger partial charge in [0.15, 0.2) is 0 Å². The van der Waals surface area contributed by atoms with Gasteiger partial charge < -0.3 is 4.74 Å². The standard InChI is InChI=1S/C20H23N3O4S2/c1-15-6-3-4-9-19(15)23(29(2,25)26)12-20(24)22-21-11-16-7-5-8-17(10-16)27-18-13-28-14-18/h3-11,18H,12-14H2,1-2H3,(H,22,24)/b21-11-. The average Bonchev–Trinajstić information content (AvgIpc) is 2.63. The number of sulfonamides is 1. The third kappa shape index (κ3) is 5.98.